The van der Waals surface area contributed by atoms with Gasteiger partial charge in [0.1, 0.15) is 5.54 Å². The van der Waals surface area contributed by atoms with Crippen molar-refractivity contribution < 1.29 is 22.9 Å². The SMILES string of the molecule is NC1(C(=O)O)C[C@H]1CS(=O)(=O)O. The first-order valence-electron chi connectivity index (χ1n) is 3.23. The fourth-order valence-corrected chi connectivity index (χ4v) is 2.00. The molecule has 1 rings (SSSR count). The zero-order valence-electron chi connectivity index (χ0n) is 6.10. The van der Waals surface area contributed by atoms with Crippen molar-refractivity contribution in [1.82, 2.24) is 0 Å². The summed E-state index contributed by atoms with van der Waals surface area (Å²) < 4.78 is 29.0. The average Bonchev–Trinajstić information content (AvgIpc) is 2.38. The van der Waals surface area contributed by atoms with Gasteiger partial charge in [0.05, 0.1) is 5.75 Å². The molecule has 1 saturated carbocycles. The lowest BCUT2D eigenvalue weighted by molar-refractivity contribution is -0.139. The Morgan fingerprint density at radius 1 is 1.67 bits per heavy atom. The van der Waals surface area contributed by atoms with E-state index in [0.717, 1.165) is 0 Å². The molecule has 4 N–H and O–H groups in total. The highest BCUT2D eigenvalue weighted by Gasteiger charge is 2.58. The summed E-state index contributed by atoms with van der Waals surface area (Å²) in [7, 11) is -4.11. The second-order valence-corrected chi connectivity index (χ2v) is 4.49. The highest BCUT2D eigenvalue weighted by molar-refractivity contribution is 7.85. The topological polar surface area (TPSA) is 118 Å². The molecule has 1 unspecified atom stereocenters. The van der Waals surface area contributed by atoms with Gasteiger partial charge in [-0.2, -0.15) is 8.42 Å². The van der Waals surface area contributed by atoms with Gasteiger partial charge >= 0.3 is 5.97 Å². The van der Waals surface area contributed by atoms with Gasteiger partial charge in [0, 0.05) is 5.92 Å². The quantitative estimate of drug-likeness (QED) is 0.480. The lowest BCUT2D eigenvalue weighted by Gasteiger charge is -2.02. The first-order valence-corrected chi connectivity index (χ1v) is 4.84. The number of nitrogens with two attached hydrogens (primary N) is 1. The Hall–Kier alpha value is -0.660. The molecule has 6 nitrogen and oxygen atoms in total. The maximum Gasteiger partial charge on any atom is 0.324 e. The second kappa shape index (κ2) is 2.41. The minimum atomic E-state index is -4.11. The van der Waals surface area contributed by atoms with Crippen LogP contribution in [0.2, 0.25) is 0 Å². The standard InChI is InChI=1S/C5H9NO5S/c6-5(4(7)8)1-3(5)2-12(9,10)11/h3H,1-2,6H2,(H,7,8)(H,9,10,11)/t3-,5?/m0/s1. The third-order valence-corrected chi connectivity index (χ3v) is 2.79. The number of carboxylic acids is 1. The molecule has 12 heavy (non-hydrogen) atoms. The molecule has 0 spiro atoms. The fraction of sp³-hybridized carbons (Fsp3) is 0.800. The van der Waals surface area contributed by atoms with Crippen molar-refractivity contribution in [3.63, 3.8) is 0 Å². The van der Waals surface area contributed by atoms with E-state index in [0.29, 0.717) is 0 Å². The molecule has 0 bridgehead atoms. The maximum atomic E-state index is 10.4. The zero-order chi connectivity index (χ0) is 9.57. The Bertz CT molecular complexity index is 310. The highest BCUT2D eigenvalue weighted by Crippen LogP contribution is 2.41. The summed E-state index contributed by atoms with van der Waals surface area (Å²) in [4.78, 5) is 10.4. The van der Waals surface area contributed by atoms with Crippen LogP contribution in [-0.2, 0) is 14.9 Å². The molecule has 0 aromatic rings. The van der Waals surface area contributed by atoms with E-state index in [1.165, 1.54) is 0 Å². The van der Waals surface area contributed by atoms with E-state index < -0.39 is 33.3 Å². The van der Waals surface area contributed by atoms with E-state index in [-0.39, 0.29) is 6.42 Å². The molecule has 0 aliphatic heterocycles. The number of aliphatic carboxylic acids is 1. The van der Waals surface area contributed by atoms with Crippen LogP contribution in [0, 0.1) is 5.92 Å². The van der Waals surface area contributed by atoms with Crippen molar-refractivity contribution in [1.29, 1.82) is 0 Å². The van der Waals surface area contributed by atoms with Gasteiger partial charge in [0.2, 0.25) is 0 Å². The van der Waals surface area contributed by atoms with E-state index >= 15 is 0 Å². The predicted octanol–water partition coefficient (Wildman–Crippen LogP) is -1.32. The van der Waals surface area contributed by atoms with Gasteiger partial charge in [-0.05, 0) is 6.42 Å². The summed E-state index contributed by atoms with van der Waals surface area (Å²) in [5.41, 5.74) is 3.82. The van der Waals surface area contributed by atoms with Gasteiger partial charge in [-0.15, -0.1) is 0 Å². The molecule has 1 fully saturated rings. The second-order valence-electron chi connectivity index (χ2n) is 3.00. The Kier molecular flexibility index (Phi) is 1.89. The molecule has 0 radical (unpaired) electrons. The third kappa shape index (κ3) is 1.74. The van der Waals surface area contributed by atoms with Crippen LogP contribution in [0.1, 0.15) is 6.42 Å². The first kappa shape index (κ1) is 9.43. The summed E-state index contributed by atoms with van der Waals surface area (Å²) >= 11 is 0. The van der Waals surface area contributed by atoms with E-state index in [4.69, 9.17) is 15.4 Å². The minimum absolute atomic E-state index is 0.0993. The largest absolute Gasteiger partial charge is 0.480 e. The smallest absolute Gasteiger partial charge is 0.324 e. The molecular weight excluding hydrogens is 186 g/mol. The fourth-order valence-electron chi connectivity index (χ4n) is 1.07. The number of carbonyl (C=O) groups is 1. The molecule has 1 aliphatic carbocycles. The molecule has 0 aromatic carbocycles. The van der Waals surface area contributed by atoms with Crippen LogP contribution in [0.15, 0.2) is 0 Å². The third-order valence-electron chi connectivity index (χ3n) is 1.96. The number of hydrogen-bond acceptors (Lipinski definition) is 4. The lowest BCUT2D eigenvalue weighted by Crippen LogP contribution is -2.36. The van der Waals surface area contributed by atoms with Crippen LogP contribution >= 0.6 is 0 Å². The van der Waals surface area contributed by atoms with Gasteiger partial charge in [-0.25, -0.2) is 0 Å². The van der Waals surface area contributed by atoms with Crippen LogP contribution in [0.25, 0.3) is 0 Å². The summed E-state index contributed by atoms with van der Waals surface area (Å²) in [5.74, 6) is -2.46. The predicted molar refractivity (Wildman–Crippen MR) is 39.1 cm³/mol. The molecule has 1 aliphatic rings. The van der Waals surface area contributed by atoms with Crippen molar-refractivity contribution in [2.75, 3.05) is 5.75 Å². The average molecular weight is 195 g/mol. The number of hydrogen-bond donors (Lipinski definition) is 3. The molecule has 7 heteroatoms. The molecule has 0 amide bonds. The van der Waals surface area contributed by atoms with Gasteiger partial charge in [-0.1, -0.05) is 0 Å². The van der Waals surface area contributed by atoms with Crippen LogP contribution in [0.4, 0.5) is 0 Å². The van der Waals surface area contributed by atoms with E-state index in [1.54, 1.807) is 0 Å². The van der Waals surface area contributed by atoms with Crippen molar-refractivity contribution in [3.8, 4) is 0 Å². The molecule has 0 saturated heterocycles. The maximum absolute atomic E-state index is 10.4. The summed E-state index contributed by atoms with van der Waals surface area (Å²) in [6.45, 7) is 0. The Morgan fingerprint density at radius 3 is 2.42 bits per heavy atom. The summed E-state index contributed by atoms with van der Waals surface area (Å²) in [6, 6.07) is 0. The minimum Gasteiger partial charge on any atom is -0.480 e. The lowest BCUT2D eigenvalue weighted by atomic mass is 10.2. The van der Waals surface area contributed by atoms with E-state index in [1.807, 2.05) is 0 Å². The highest BCUT2D eigenvalue weighted by atomic mass is 32.2. The van der Waals surface area contributed by atoms with Crippen LogP contribution in [-0.4, -0.2) is 35.3 Å². The van der Waals surface area contributed by atoms with Crippen molar-refractivity contribution in [2.24, 2.45) is 11.7 Å². The monoisotopic (exact) mass is 195 g/mol. The first-order chi connectivity index (χ1) is 5.26. The molecular formula is C5H9NO5S. The Balaban J connectivity index is 2.60. The Morgan fingerprint density at radius 2 is 2.17 bits per heavy atom. The van der Waals surface area contributed by atoms with Gasteiger partial charge in [0.15, 0.2) is 0 Å². The van der Waals surface area contributed by atoms with E-state index in [2.05, 4.69) is 0 Å². The number of carboxylic acid groups (broad SMARTS) is 1. The van der Waals surface area contributed by atoms with Crippen molar-refractivity contribution >= 4 is 16.1 Å². The Labute approximate surface area is 69.1 Å². The van der Waals surface area contributed by atoms with Gasteiger partial charge < -0.3 is 10.8 Å². The molecule has 2 atom stereocenters. The summed E-state index contributed by atoms with van der Waals surface area (Å²) in [6.07, 6.45) is 0.0993. The molecule has 70 valence electrons. The zero-order valence-corrected chi connectivity index (χ0v) is 6.91. The normalized spacial score (nSPS) is 34.7. The molecule has 0 aromatic heterocycles. The summed E-state index contributed by atoms with van der Waals surface area (Å²) in [5, 5.41) is 8.48. The van der Waals surface area contributed by atoms with Crippen LogP contribution < -0.4 is 5.73 Å². The van der Waals surface area contributed by atoms with Crippen LogP contribution in [0.3, 0.4) is 0 Å². The van der Waals surface area contributed by atoms with Crippen molar-refractivity contribution in [2.45, 2.75) is 12.0 Å². The number of rotatable bonds is 3. The van der Waals surface area contributed by atoms with Gasteiger partial charge in [-0.3, -0.25) is 9.35 Å². The van der Waals surface area contributed by atoms with E-state index in [9.17, 15) is 13.2 Å². The van der Waals surface area contributed by atoms with Crippen LogP contribution in [0.5, 0.6) is 0 Å². The van der Waals surface area contributed by atoms with Crippen molar-refractivity contribution in [3.05, 3.63) is 0 Å². The molecule has 0 heterocycles. The van der Waals surface area contributed by atoms with Gasteiger partial charge in [0.25, 0.3) is 10.1 Å².